The molecule has 0 radical (unpaired) electrons. The van der Waals surface area contributed by atoms with E-state index in [2.05, 4.69) is 115 Å². The van der Waals surface area contributed by atoms with Crippen molar-refractivity contribution in [3.8, 4) is 67.5 Å². The molecule has 5 heteroatoms. The Hall–Kier alpha value is -7.63. The maximum Gasteiger partial charge on any atom is 0.167 e. The highest BCUT2D eigenvalue weighted by Crippen LogP contribution is 2.43. The molecule has 0 amide bonds. The normalized spacial score (nSPS) is 11.6. The van der Waals surface area contributed by atoms with E-state index in [1.165, 1.54) is 0 Å². The molecule has 0 N–H and O–H groups in total. The second kappa shape index (κ2) is 13.0. The molecular formula is C51H31N3O2. The monoisotopic (exact) mass is 717 g/mol. The summed E-state index contributed by atoms with van der Waals surface area (Å²) in [5, 5.41) is 4.09. The van der Waals surface area contributed by atoms with Gasteiger partial charge in [0.25, 0.3) is 0 Å². The quantitative estimate of drug-likeness (QED) is 0.171. The lowest BCUT2D eigenvalue weighted by molar-refractivity contribution is 0.669. The standard InChI is InChI=1S/C51H31N3O2/c1-3-15-32(16-4-1)34-19-11-20-35(31-34)37-24-12-23-36(33-17-5-2-6-18-33)46(37)51-53-49(42-27-13-25-40-38-21-7-9-29-44(38)55-47(40)42)52-50(54-51)43-28-14-26-41-39-22-8-10-30-45(39)56-48(41)43/h1-31H. The van der Waals surface area contributed by atoms with Crippen LogP contribution in [0.5, 0.6) is 0 Å². The molecule has 0 aliphatic rings. The van der Waals surface area contributed by atoms with Gasteiger partial charge in [0.15, 0.2) is 17.5 Å². The topological polar surface area (TPSA) is 65.0 Å². The van der Waals surface area contributed by atoms with Crippen molar-refractivity contribution in [2.75, 3.05) is 0 Å². The first-order valence-corrected chi connectivity index (χ1v) is 18.7. The van der Waals surface area contributed by atoms with Crippen LogP contribution in [0.2, 0.25) is 0 Å². The Bertz CT molecular complexity index is 3120. The van der Waals surface area contributed by atoms with Crippen molar-refractivity contribution in [1.29, 1.82) is 0 Å². The molecular weight excluding hydrogens is 687 g/mol. The Balaban J connectivity index is 1.22. The van der Waals surface area contributed by atoms with Gasteiger partial charge in [0.05, 0.1) is 11.1 Å². The Morgan fingerprint density at radius 3 is 1.30 bits per heavy atom. The summed E-state index contributed by atoms with van der Waals surface area (Å²) in [6.07, 6.45) is 0. The molecule has 8 aromatic carbocycles. The number of aromatic nitrogens is 3. The summed E-state index contributed by atoms with van der Waals surface area (Å²) in [5.41, 5.74) is 12.0. The average Bonchev–Trinajstić information content (AvgIpc) is 3.85. The maximum atomic E-state index is 6.56. The number of nitrogens with zero attached hydrogens (tertiary/aromatic N) is 3. The fourth-order valence-corrected chi connectivity index (χ4v) is 7.96. The number of rotatable bonds is 6. The third kappa shape index (κ3) is 5.29. The molecule has 0 unspecified atom stereocenters. The van der Waals surface area contributed by atoms with E-state index in [0.717, 1.165) is 93.9 Å². The smallest absolute Gasteiger partial charge is 0.167 e. The Labute approximate surface area is 322 Å². The summed E-state index contributed by atoms with van der Waals surface area (Å²) in [4.78, 5) is 16.0. The van der Waals surface area contributed by atoms with Gasteiger partial charge in [-0.15, -0.1) is 0 Å². The van der Waals surface area contributed by atoms with Crippen LogP contribution in [-0.2, 0) is 0 Å². The number of furan rings is 2. The minimum absolute atomic E-state index is 0.509. The molecule has 11 rings (SSSR count). The van der Waals surface area contributed by atoms with Gasteiger partial charge in [-0.1, -0.05) is 158 Å². The molecule has 56 heavy (non-hydrogen) atoms. The van der Waals surface area contributed by atoms with E-state index < -0.39 is 0 Å². The Morgan fingerprint density at radius 1 is 0.286 bits per heavy atom. The zero-order chi connectivity index (χ0) is 37.0. The number of benzene rings is 8. The van der Waals surface area contributed by atoms with Crippen molar-refractivity contribution >= 4 is 43.9 Å². The van der Waals surface area contributed by atoms with Gasteiger partial charge in [-0.05, 0) is 63.7 Å². The fraction of sp³-hybridized carbons (Fsp3) is 0. The SMILES string of the molecule is c1ccc(-c2cccc(-c3cccc(-c4ccccc4)c3-c3nc(-c4cccc5c4oc4ccccc45)nc(-c4cccc5c4oc4ccccc45)n3)c2)cc1. The molecule has 0 atom stereocenters. The van der Waals surface area contributed by atoms with Crippen molar-refractivity contribution in [2.45, 2.75) is 0 Å². The number of para-hydroxylation sites is 4. The fourth-order valence-electron chi connectivity index (χ4n) is 7.96. The van der Waals surface area contributed by atoms with Gasteiger partial charge in [-0.25, -0.2) is 15.0 Å². The summed E-state index contributed by atoms with van der Waals surface area (Å²) in [6.45, 7) is 0. The summed E-state index contributed by atoms with van der Waals surface area (Å²) in [5.74, 6) is 1.56. The molecule has 0 spiro atoms. The van der Waals surface area contributed by atoms with Crippen LogP contribution in [0, 0.1) is 0 Å². The molecule has 5 nitrogen and oxygen atoms in total. The van der Waals surface area contributed by atoms with E-state index in [0.29, 0.717) is 17.5 Å². The van der Waals surface area contributed by atoms with E-state index in [4.69, 9.17) is 23.8 Å². The number of fused-ring (bicyclic) bond motifs is 6. The zero-order valence-electron chi connectivity index (χ0n) is 30.1. The van der Waals surface area contributed by atoms with Crippen LogP contribution in [0.15, 0.2) is 197 Å². The van der Waals surface area contributed by atoms with Crippen molar-refractivity contribution in [3.05, 3.63) is 188 Å². The lowest BCUT2D eigenvalue weighted by Crippen LogP contribution is -2.03. The molecule has 0 aliphatic carbocycles. The average molecular weight is 718 g/mol. The Morgan fingerprint density at radius 2 is 0.696 bits per heavy atom. The largest absolute Gasteiger partial charge is 0.455 e. The molecule has 3 aromatic heterocycles. The minimum Gasteiger partial charge on any atom is -0.455 e. The van der Waals surface area contributed by atoms with Gasteiger partial charge in [0, 0.05) is 27.1 Å². The summed E-state index contributed by atoms with van der Waals surface area (Å²) >= 11 is 0. The van der Waals surface area contributed by atoms with Crippen LogP contribution < -0.4 is 0 Å². The maximum absolute atomic E-state index is 6.56. The van der Waals surface area contributed by atoms with Gasteiger partial charge in [-0.2, -0.15) is 0 Å². The van der Waals surface area contributed by atoms with Crippen LogP contribution in [-0.4, -0.2) is 15.0 Å². The van der Waals surface area contributed by atoms with Crippen molar-refractivity contribution in [1.82, 2.24) is 15.0 Å². The van der Waals surface area contributed by atoms with Crippen molar-refractivity contribution in [2.24, 2.45) is 0 Å². The van der Waals surface area contributed by atoms with Crippen molar-refractivity contribution < 1.29 is 8.83 Å². The minimum atomic E-state index is 0.509. The highest BCUT2D eigenvalue weighted by Gasteiger charge is 2.23. The zero-order valence-corrected chi connectivity index (χ0v) is 30.1. The van der Waals surface area contributed by atoms with E-state index >= 15 is 0 Å². The van der Waals surface area contributed by atoms with Gasteiger partial charge < -0.3 is 8.83 Å². The second-order valence-corrected chi connectivity index (χ2v) is 13.9. The molecule has 3 heterocycles. The molecule has 0 aliphatic heterocycles. The predicted molar refractivity (Wildman–Crippen MR) is 227 cm³/mol. The summed E-state index contributed by atoms with van der Waals surface area (Å²) in [7, 11) is 0. The van der Waals surface area contributed by atoms with E-state index in [1.54, 1.807) is 0 Å². The predicted octanol–water partition coefficient (Wildman–Crippen LogP) is 13.7. The van der Waals surface area contributed by atoms with Crippen LogP contribution in [0.1, 0.15) is 0 Å². The van der Waals surface area contributed by atoms with Gasteiger partial charge in [0.1, 0.15) is 22.3 Å². The summed E-state index contributed by atoms with van der Waals surface area (Å²) in [6, 6.07) is 64.6. The van der Waals surface area contributed by atoms with E-state index in [-0.39, 0.29) is 0 Å². The highest BCUT2D eigenvalue weighted by atomic mass is 16.3. The van der Waals surface area contributed by atoms with Crippen LogP contribution in [0.4, 0.5) is 0 Å². The first-order valence-electron chi connectivity index (χ1n) is 18.7. The van der Waals surface area contributed by atoms with Crippen LogP contribution >= 0.6 is 0 Å². The first-order chi connectivity index (χ1) is 27.8. The van der Waals surface area contributed by atoms with Gasteiger partial charge >= 0.3 is 0 Å². The molecule has 0 fully saturated rings. The summed E-state index contributed by atoms with van der Waals surface area (Å²) < 4.78 is 13.1. The number of hydrogen-bond donors (Lipinski definition) is 0. The van der Waals surface area contributed by atoms with Crippen LogP contribution in [0.3, 0.4) is 0 Å². The molecule has 262 valence electrons. The lowest BCUT2D eigenvalue weighted by atomic mass is 9.90. The third-order valence-electron chi connectivity index (χ3n) is 10.6. The van der Waals surface area contributed by atoms with Crippen molar-refractivity contribution in [3.63, 3.8) is 0 Å². The van der Waals surface area contributed by atoms with Crippen LogP contribution in [0.25, 0.3) is 111 Å². The molecule has 0 saturated heterocycles. The number of hydrogen-bond acceptors (Lipinski definition) is 5. The van der Waals surface area contributed by atoms with E-state index in [1.807, 2.05) is 72.8 Å². The highest BCUT2D eigenvalue weighted by molar-refractivity contribution is 6.10. The Kier molecular flexibility index (Phi) is 7.42. The first kappa shape index (κ1) is 31.9. The second-order valence-electron chi connectivity index (χ2n) is 13.9. The molecule has 0 bridgehead atoms. The lowest BCUT2D eigenvalue weighted by Gasteiger charge is -2.17. The van der Waals surface area contributed by atoms with E-state index in [9.17, 15) is 0 Å². The molecule has 11 aromatic rings. The van der Waals surface area contributed by atoms with Gasteiger partial charge in [0.2, 0.25) is 0 Å². The third-order valence-corrected chi connectivity index (χ3v) is 10.6. The van der Waals surface area contributed by atoms with Gasteiger partial charge in [-0.3, -0.25) is 0 Å². The molecule has 0 saturated carbocycles.